The van der Waals surface area contributed by atoms with Crippen molar-refractivity contribution in [1.29, 1.82) is 0 Å². The minimum Gasteiger partial charge on any atom is -0.350 e. The molecule has 0 aliphatic carbocycles. The largest absolute Gasteiger partial charge is 0.350 e. The van der Waals surface area contributed by atoms with Gasteiger partial charge in [-0.3, -0.25) is 9.69 Å². The molecule has 0 aliphatic rings. The first-order chi connectivity index (χ1) is 12.0. The molecule has 0 saturated carbocycles. The van der Waals surface area contributed by atoms with E-state index in [9.17, 15) is 9.18 Å². The molecule has 0 spiro atoms. The quantitative estimate of drug-likeness (QED) is 0.734. The fourth-order valence-electron chi connectivity index (χ4n) is 2.80. The van der Waals surface area contributed by atoms with Gasteiger partial charge in [-0.25, -0.2) is 4.39 Å². The molecule has 2 aromatic carbocycles. The van der Waals surface area contributed by atoms with Gasteiger partial charge in [0.05, 0.1) is 11.6 Å². The molecular weight excluding hydrogens is 362 g/mol. The van der Waals surface area contributed by atoms with Gasteiger partial charge in [0.25, 0.3) is 5.91 Å². The Hall–Kier alpha value is -1.62. The Morgan fingerprint density at radius 3 is 2.48 bits per heavy atom. The monoisotopic (exact) mass is 382 g/mol. The number of likely N-dealkylation sites (N-methyl/N-ethyl adjacent to an activating group) is 1. The Balaban J connectivity index is 2.21. The standard InChI is InChI=1S/C19H21Cl2FN2O/c1-3-24(4-2)18(14-7-5-6-8-16(14)21)12-23-19(25)15-11-13(20)9-10-17(15)22/h5-11,18H,3-4,12H2,1-2H3,(H,23,25). The highest BCUT2D eigenvalue weighted by atomic mass is 35.5. The topological polar surface area (TPSA) is 32.3 Å². The summed E-state index contributed by atoms with van der Waals surface area (Å²) in [5, 5.41) is 3.76. The average Bonchev–Trinajstić information content (AvgIpc) is 2.61. The van der Waals surface area contributed by atoms with Gasteiger partial charge in [0.15, 0.2) is 0 Å². The second-order valence-corrected chi connectivity index (χ2v) is 6.44. The maximum atomic E-state index is 13.9. The van der Waals surface area contributed by atoms with E-state index in [-0.39, 0.29) is 11.6 Å². The van der Waals surface area contributed by atoms with Crippen LogP contribution in [0.15, 0.2) is 42.5 Å². The van der Waals surface area contributed by atoms with Gasteiger partial charge in [0, 0.05) is 16.6 Å². The van der Waals surface area contributed by atoms with Crippen LogP contribution in [0.1, 0.15) is 35.8 Å². The lowest BCUT2D eigenvalue weighted by atomic mass is 10.0. The summed E-state index contributed by atoms with van der Waals surface area (Å²) in [4.78, 5) is 14.6. The molecule has 0 radical (unpaired) electrons. The summed E-state index contributed by atoms with van der Waals surface area (Å²) in [5.41, 5.74) is 0.865. The van der Waals surface area contributed by atoms with Crippen molar-refractivity contribution in [2.45, 2.75) is 19.9 Å². The van der Waals surface area contributed by atoms with E-state index in [1.54, 1.807) is 0 Å². The van der Waals surface area contributed by atoms with Gasteiger partial charge in [0.1, 0.15) is 5.82 Å². The fourth-order valence-corrected chi connectivity index (χ4v) is 3.24. The Bertz CT molecular complexity index is 735. The number of amides is 1. The molecule has 2 rings (SSSR count). The summed E-state index contributed by atoms with van der Waals surface area (Å²) in [6.07, 6.45) is 0. The summed E-state index contributed by atoms with van der Waals surface area (Å²) in [6.45, 7) is 6.01. The predicted molar refractivity (Wildman–Crippen MR) is 101 cm³/mol. The molecule has 25 heavy (non-hydrogen) atoms. The van der Waals surface area contributed by atoms with Crippen LogP contribution < -0.4 is 5.32 Å². The Morgan fingerprint density at radius 2 is 1.84 bits per heavy atom. The van der Waals surface area contributed by atoms with Crippen LogP contribution in [-0.2, 0) is 0 Å². The predicted octanol–water partition coefficient (Wildman–Crippen LogP) is 4.95. The number of carbonyl (C=O) groups is 1. The zero-order valence-electron chi connectivity index (χ0n) is 14.2. The number of nitrogens with zero attached hydrogens (tertiary/aromatic N) is 1. The van der Waals surface area contributed by atoms with Crippen molar-refractivity contribution < 1.29 is 9.18 Å². The number of hydrogen-bond acceptors (Lipinski definition) is 2. The molecule has 0 saturated heterocycles. The highest BCUT2D eigenvalue weighted by Crippen LogP contribution is 2.27. The van der Waals surface area contributed by atoms with Crippen molar-refractivity contribution in [3.8, 4) is 0 Å². The summed E-state index contributed by atoms with van der Waals surface area (Å²) < 4.78 is 13.9. The van der Waals surface area contributed by atoms with Crippen molar-refractivity contribution in [3.05, 3.63) is 69.5 Å². The van der Waals surface area contributed by atoms with Crippen molar-refractivity contribution >= 4 is 29.1 Å². The molecule has 0 aliphatic heterocycles. The van der Waals surface area contributed by atoms with Crippen LogP contribution in [0.5, 0.6) is 0 Å². The average molecular weight is 383 g/mol. The van der Waals surface area contributed by atoms with Crippen LogP contribution in [0.4, 0.5) is 4.39 Å². The third-order valence-corrected chi connectivity index (χ3v) is 4.73. The summed E-state index contributed by atoms with van der Waals surface area (Å²) >= 11 is 12.2. The van der Waals surface area contributed by atoms with Gasteiger partial charge in [-0.1, -0.05) is 55.2 Å². The number of nitrogens with one attached hydrogen (secondary N) is 1. The van der Waals surface area contributed by atoms with Gasteiger partial charge in [-0.2, -0.15) is 0 Å². The third-order valence-electron chi connectivity index (χ3n) is 4.15. The molecule has 134 valence electrons. The van der Waals surface area contributed by atoms with Gasteiger partial charge < -0.3 is 5.32 Å². The second-order valence-electron chi connectivity index (χ2n) is 5.59. The lowest BCUT2D eigenvalue weighted by Crippen LogP contribution is -2.38. The Kier molecular flexibility index (Phi) is 7.24. The number of carbonyl (C=O) groups excluding carboxylic acids is 1. The minimum atomic E-state index is -0.598. The van der Waals surface area contributed by atoms with Crippen LogP contribution in [0, 0.1) is 5.82 Å². The Labute approximate surface area is 157 Å². The maximum absolute atomic E-state index is 13.9. The molecule has 0 bridgehead atoms. The van der Waals surface area contributed by atoms with Crippen LogP contribution in [0.25, 0.3) is 0 Å². The van der Waals surface area contributed by atoms with Gasteiger partial charge in [-0.15, -0.1) is 0 Å². The molecule has 1 unspecified atom stereocenters. The molecule has 3 nitrogen and oxygen atoms in total. The van der Waals surface area contributed by atoms with E-state index in [0.717, 1.165) is 18.7 Å². The Morgan fingerprint density at radius 1 is 1.16 bits per heavy atom. The van der Waals surface area contributed by atoms with E-state index < -0.39 is 11.7 Å². The second kappa shape index (κ2) is 9.18. The van der Waals surface area contributed by atoms with Crippen LogP contribution in [0.2, 0.25) is 10.0 Å². The lowest BCUT2D eigenvalue weighted by Gasteiger charge is -2.31. The third kappa shape index (κ3) is 4.94. The fraction of sp³-hybridized carbons (Fsp3) is 0.316. The molecule has 6 heteroatoms. The lowest BCUT2D eigenvalue weighted by molar-refractivity contribution is 0.0931. The number of benzene rings is 2. The SMILES string of the molecule is CCN(CC)C(CNC(=O)c1cc(Cl)ccc1F)c1ccccc1Cl. The van der Waals surface area contributed by atoms with E-state index in [1.807, 2.05) is 38.1 Å². The number of hydrogen-bond donors (Lipinski definition) is 1. The first kappa shape index (κ1) is 19.7. The molecule has 0 heterocycles. The molecule has 1 atom stereocenters. The van der Waals surface area contributed by atoms with E-state index in [1.165, 1.54) is 18.2 Å². The molecule has 1 amide bonds. The normalized spacial score (nSPS) is 12.2. The minimum absolute atomic E-state index is 0.0649. The van der Waals surface area contributed by atoms with Gasteiger partial charge in [-0.05, 0) is 42.9 Å². The van der Waals surface area contributed by atoms with Gasteiger partial charge >= 0.3 is 0 Å². The summed E-state index contributed by atoms with van der Waals surface area (Å²) in [7, 11) is 0. The highest BCUT2D eigenvalue weighted by molar-refractivity contribution is 6.31. The van der Waals surface area contributed by atoms with Crippen molar-refractivity contribution in [2.24, 2.45) is 0 Å². The molecular formula is C19H21Cl2FN2O. The number of rotatable bonds is 7. The molecule has 2 aromatic rings. The number of halogens is 3. The van der Waals surface area contributed by atoms with E-state index in [4.69, 9.17) is 23.2 Å². The first-order valence-corrected chi connectivity index (χ1v) is 8.95. The first-order valence-electron chi connectivity index (χ1n) is 8.19. The summed E-state index contributed by atoms with van der Waals surface area (Å²) in [5.74, 6) is -1.09. The van der Waals surface area contributed by atoms with Crippen LogP contribution in [-0.4, -0.2) is 30.4 Å². The molecule has 0 aromatic heterocycles. The zero-order valence-corrected chi connectivity index (χ0v) is 15.7. The van der Waals surface area contributed by atoms with Crippen molar-refractivity contribution in [3.63, 3.8) is 0 Å². The zero-order chi connectivity index (χ0) is 18.4. The van der Waals surface area contributed by atoms with Gasteiger partial charge in [0.2, 0.25) is 0 Å². The summed E-state index contributed by atoms with van der Waals surface area (Å²) in [6, 6.07) is 11.4. The van der Waals surface area contributed by atoms with Crippen molar-refractivity contribution in [2.75, 3.05) is 19.6 Å². The van der Waals surface area contributed by atoms with E-state index >= 15 is 0 Å². The highest BCUT2D eigenvalue weighted by Gasteiger charge is 2.22. The smallest absolute Gasteiger partial charge is 0.254 e. The van der Waals surface area contributed by atoms with Crippen LogP contribution in [0.3, 0.4) is 0 Å². The van der Waals surface area contributed by atoms with E-state index in [0.29, 0.717) is 16.6 Å². The van der Waals surface area contributed by atoms with Crippen LogP contribution >= 0.6 is 23.2 Å². The maximum Gasteiger partial charge on any atom is 0.254 e. The van der Waals surface area contributed by atoms with E-state index in [2.05, 4.69) is 10.2 Å². The molecule has 0 fully saturated rings. The molecule has 1 N–H and O–H groups in total. The van der Waals surface area contributed by atoms with Crippen molar-refractivity contribution in [1.82, 2.24) is 10.2 Å².